The molecule has 1 aromatic carbocycles. The second-order valence-electron chi connectivity index (χ2n) is 5.87. The van der Waals surface area contributed by atoms with E-state index in [0.29, 0.717) is 0 Å². The summed E-state index contributed by atoms with van der Waals surface area (Å²) in [6, 6.07) is 11.1. The molecule has 0 bridgehead atoms. The topological polar surface area (TPSA) is 39.1 Å². The SMILES string of the molecule is CNC(C)(C#N)CCCN1CCCCc2ccccc21. The number of hydrogen-bond donors (Lipinski definition) is 1. The highest BCUT2D eigenvalue weighted by molar-refractivity contribution is 5.54. The highest BCUT2D eigenvalue weighted by Gasteiger charge is 2.21. The van der Waals surface area contributed by atoms with Crippen LogP contribution in [0.5, 0.6) is 0 Å². The third kappa shape index (κ3) is 3.52. The molecule has 1 aliphatic heterocycles. The zero-order valence-electron chi connectivity index (χ0n) is 12.7. The van der Waals surface area contributed by atoms with E-state index >= 15 is 0 Å². The summed E-state index contributed by atoms with van der Waals surface area (Å²) in [6.45, 7) is 4.15. The van der Waals surface area contributed by atoms with Crippen LogP contribution in [0.2, 0.25) is 0 Å². The molecular formula is C17H25N3. The molecule has 1 aromatic rings. The van der Waals surface area contributed by atoms with E-state index in [9.17, 15) is 5.26 Å². The summed E-state index contributed by atoms with van der Waals surface area (Å²) in [6.07, 6.45) is 5.66. The molecule has 108 valence electrons. The van der Waals surface area contributed by atoms with Crippen LogP contribution in [0.1, 0.15) is 38.2 Å². The Morgan fingerprint density at radius 1 is 1.35 bits per heavy atom. The van der Waals surface area contributed by atoms with Gasteiger partial charge in [-0.1, -0.05) is 18.2 Å². The maximum Gasteiger partial charge on any atom is 0.103 e. The van der Waals surface area contributed by atoms with Gasteiger partial charge < -0.3 is 10.2 Å². The summed E-state index contributed by atoms with van der Waals surface area (Å²) in [7, 11) is 1.87. The number of nitrogens with one attached hydrogen (secondary N) is 1. The van der Waals surface area contributed by atoms with Crippen LogP contribution in [-0.2, 0) is 6.42 Å². The number of fused-ring (bicyclic) bond motifs is 1. The van der Waals surface area contributed by atoms with Crippen molar-refractivity contribution >= 4 is 5.69 Å². The molecule has 3 nitrogen and oxygen atoms in total. The summed E-state index contributed by atoms with van der Waals surface area (Å²) in [5.41, 5.74) is 2.47. The number of aryl methyl sites for hydroxylation is 1. The summed E-state index contributed by atoms with van der Waals surface area (Å²) in [5.74, 6) is 0. The van der Waals surface area contributed by atoms with Gasteiger partial charge in [-0.15, -0.1) is 0 Å². The molecule has 1 heterocycles. The van der Waals surface area contributed by atoms with Gasteiger partial charge in [-0.2, -0.15) is 5.26 Å². The Bertz CT molecular complexity index is 477. The number of anilines is 1. The zero-order chi connectivity index (χ0) is 14.4. The highest BCUT2D eigenvalue weighted by Crippen LogP contribution is 2.26. The van der Waals surface area contributed by atoms with Crippen LogP contribution in [-0.4, -0.2) is 25.7 Å². The van der Waals surface area contributed by atoms with E-state index in [1.807, 2.05) is 14.0 Å². The number of benzene rings is 1. The van der Waals surface area contributed by atoms with Crippen LogP contribution in [0, 0.1) is 11.3 Å². The number of rotatable bonds is 5. The van der Waals surface area contributed by atoms with Gasteiger partial charge in [0.25, 0.3) is 0 Å². The van der Waals surface area contributed by atoms with Crippen molar-refractivity contribution in [3.8, 4) is 6.07 Å². The lowest BCUT2D eigenvalue weighted by atomic mass is 9.98. The molecule has 0 fully saturated rings. The van der Waals surface area contributed by atoms with Gasteiger partial charge in [0.15, 0.2) is 0 Å². The summed E-state index contributed by atoms with van der Waals surface area (Å²) in [5, 5.41) is 12.3. The second kappa shape index (κ2) is 6.76. The number of para-hydroxylation sites is 1. The molecule has 0 aromatic heterocycles. The Kier molecular flexibility index (Phi) is 5.03. The minimum Gasteiger partial charge on any atom is -0.371 e. The molecular weight excluding hydrogens is 246 g/mol. The van der Waals surface area contributed by atoms with Crippen molar-refractivity contribution in [2.45, 2.75) is 44.6 Å². The van der Waals surface area contributed by atoms with Crippen molar-refractivity contribution in [2.75, 3.05) is 25.0 Å². The van der Waals surface area contributed by atoms with Crippen LogP contribution in [0.3, 0.4) is 0 Å². The third-order valence-corrected chi connectivity index (χ3v) is 4.36. The Morgan fingerprint density at radius 2 is 2.15 bits per heavy atom. The Morgan fingerprint density at radius 3 is 2.90 bits per heavy atom. The van der Waals surface area contributed by atoms with E-state index in [0.717, 1.165) is 25.9 Å². The van der Waals surface area contributed by atoms with Crippen molar-refractivity contribution in [2.24, 2.45) is 0 Å². The van der Waals surface area contributed by atoms with Gasteiger partial charge in [-0.05, 0) is 57.7 Å². The lowest BCUT2D eigenvalue weighted by molar-refractivity contribution is 0.440. The van der Waals surface area contributed by atoms with Gasteiger partial charge in [-0.25, -0.2) is 0 Å². The smallest absolute Gasteiger partial charge is 0.103 e. The Hall–Kier alpha value is -1.53. The van der Waals surface area contributed by atoms with Crippen LogP contribution in [0.15, 0.2) is 24.3 Å². The highest BCUT2D eigenvalue weighted by atomic mass is 15.1. The first-order valence-electron chi connectivity index (χ1n) is 7.61. The summed E-state index contributed by atoms with van der Waals surface area (Å²) < 4.78 is 0. The number of hydrogen-bond acceptors (Lipinski definition) is 3. The van der Waals surface area contributed by atoms with Gasteiger partial charge in [0.2, 0.25) is 0 Å². The molecule has 1 unspecified atom stereocenters. The van der Waals surface area contributed by atoms with Crippen molar-refractivity contribution < 1.29 is 0 Å². The summed E-state index contributed by atoms with van der Waals surface area (Å²) >= 11 is 0. The van der Waals surface area contributed by atoms with Crippen LogP contribution in [0.25, 0.3) is 0 Å². The fourth-order valence-electron chi connectivity index (χ4n) is 2.86. The molecule has 3 heteroatoms. The molecule has 0 radical (unpaired) electrons. The lowest BCUT2D eigenvalue weighted by Crippen LogP contribution is -2.39. The molecule has 0 amide bonds. The van der Waals surface area contributed by atoms with E-state index < -0.39 is 5.54 Å². The van der Waals surface area contributed by atoms with E-state index in [1.165, 1.54) is 30.5 Å². The molecule has 2 rings (SSSR count). The van der Waals surface area contributed by atoms with Crippen molar-refractivity contribution in [3.05, 3.63) is 29.8 Å². The van der Waals surface area contributed by atoms with E-state index in [-0.39, 0.29) is 0 Å². The Balaban J connectivity index is 1.98. The molecule has 1 atom stereocenters. The van der Waals surface area contributed by atoms with Crippen LogP contribution < -0.4 is 10.2 Å². The molecule has 0 spiro atoms. The van der Waals surface area contributed by atoms with E-state index in [1.54, 1.807) is 0 Å². The average molecular weight is 271 g/mol. The molecule has 20 heavy (non-hydrogen) atoms. The first-order chi connectivity index (χ1) is 9.68. The molecule has 0 aliphatic carbocycles. The number of nitriles is 1. The second-order valence-corrected chi connectivity index (χ2v) is 5.87. The maximum absolute atomic E-state index is 9.20. The largest absolute Gasteiger partial charge is 0.371 e. The fourth-order valence-corrected chi connectivity index (χ4v) is 2.86. The molecule has 1 aliphatic rings. The third-order valence-electron chi connectivity index (χ3n) is 4.36. The number of nitrogens with zero attached hydrogens (tertiary/aromatic N) is 2. The normalized spacial score (nSPS) is 17.8. The van der Waals surface area contributed by atoms with Crippen molar-refractivity contribution in [1.29, 1.82) is 5.26 Å². The van der Waals surface area contributed by atoms with E-state index in [2.05, 4.69) is 40.6 Å². The van der Waals surface area contributed by atoms with Crippen LogP contribution in [0.4, 0.5) is 5.69 Å². The maximum atomic E-state index is 9.20. The first-order valence-corrected chi connectivity index (χ1v) is 7.61. The van der Waals surface area contributed by atoms with Gasteiger partial charge in [0.05, 0.1) is 6.07 Å². The van der Waals surface area contributed by atoms with Gasteiger partial charge in [0.1, 0.15) is 5.54 Å². The quantitative estimate of drug-likeness (QED) is 0.894. The molecule has 0 saturated heterocycles. The predicted octanol–water partition coefficient (Wildman–Crippen LogP) is 3.11. The van der Waals surface area contributed by atoms with Gasteiger partial charge >= 0.3 is 0 Å². The van der Waals surface area contributed by atoms with Crippen LogP contribution >= 0.6 is 0 Å². The monoisotopic (exact) mass is 271 g/mol. The first kappa shape index (κ1) is 14.9. The van der Waals surface area contributed by atoms with Crippen molar-refractivity contribution in [3.63, 3.8) is 0 Å². The minimum absolute atomic E-state index is 0.397. The minimum atomic E-state index is -0.397. The standard InChI is InChI=1S/C17H25N3/c1-17(14-18,19-2)11-7-13-20-12-6-5-9-15-8-3-4-10-16(15)20/h3-4,8,10,19H,5-7,9,11-13H2,1-2H3. The summed E-state index contributed by atoms with van der Waals surface area (Å²) in [4.78, 5) is 2.50. The Labute approximate surface area is 122 Å². The van der Waals surface area contributed by atoms with E-state index in [4.69, 9.17) is 0 Å². The zero-order valence-corrected chi connectivity index (χ0v) is 12.7. The van der Waals surface area contributed by atoms with Gasteiger partial charge in [0, 0.05) is 18.8 Å². The molecule has 1 N–H and O–H groups in total. The fraction of sp³-hybridized carbons (Fsp3) is 0.588. The van der Waals surface area contributed by atoms with Crippen molar-refractivity contribution in [1.82, 2.24) is 5.32 Å². The molecule has 0 saturated carbocycles. The average Bonchev–Trinajstić information content (AvgIpc) is 2.70. The van der Waals surface area contributed by atoms with Gasteiger partial charge in [-0.3, -0.25) is 0 Å². The predicted molar refractivity (Wildman–Crippen MR) is 83.9 cm³/mol. The lowest BCUT2D eigenvalue weighted by Gasteiger charge is -2.27.